The molecule has 1 saturated heterocycles. The van der Waals surface area contributed by atoms with E-state index in [1.54, 1.807) is 6.26 Å². The Kier molecular flexibility index (Phi) is 8.44. The van der Waals surface area contributed by atoms with Crippen molar-refractivity contribution in [1.29, 1.82) is 0 Å². The lowest BCUT2D eigenvalue weighted by Crippen LogP contribution is -2.43. The van der Waals surface area contributed by atoms with Gasteiger partial charge in [-0.1, -0.05) is 30.3 Å². The molecule has 1 aromatic carbocycles. The van der Waals surface area contributed by atoms with Crippen molar-refractivity contribution in [2.75, 3.05) is 26.7 Å². The summed E-state index contributed by atoms with van der Waals surface area (Å²) in [7, 11) is 1.81. The van der Waals surface area contributed by atoms with E-state index >= 15 is 0 Å². The Morgan fingerprint density at radius 3 is 2.50 bits per heavy atom. The first-order valence-corrected chi connectivity index (χ1v) is 9.07. The zero-order valence-corrected chi connectivity index (χ0v) is 17.9. The maximum Gasteiger partial charge on any atom is 0.191 e. The number of benzene rings is 1. The number of nitrogens with one attached hydrogen (secondary N) is 2. The second-order valence-corrected chi connectivity index (χ2v) is 6.50. The zero-order valence-electron chi connectivity index (χ0n) is 15.5. The minimum atomic E-state index is 0. The lowest BCUT2D eigenvalue weighted by Gasteiger charge is -2.27. The van der Waals surface area contributed by atoms with E-state index in [-0.39, 0.29) is 36.1 Å². The van der Waals surface area contributed by atoms with Crippen molar-refractivity contribution in [3.8, 4) is 0 Å². The van der Waals surface area contributed by atoms with Gasteiger partial charge in [0.1, 0.15) is 5.76 Å². The van der Waals surface area contributed by atoms with Crippen LogP contribution in [0.3, 0.4) is 0 Å². The van der Waals surface area contributed by atoms with E-state index in [4.69, 9.17) is 4.42 Å². The maximum absolute atomic E-state index is 5.68. The SMILES string of the molecule is CN=C(NCC(c1ccco1)N1CCCC1)NC(C)c1ccccc1.I. The average molecular weight is 468 g/mol. The fourth-order valence-electron chi connectivity index (χ4n) is 3.36. The molecular weight excluding hydrogens is 439 g/mol. The van der Waals surface area contributed by atoms with Crippen LogP contribution < -0.4 is 10.6 Å². The fourth-order valence-corrected chi connectivity index (χ4v) is 3.36. The van der Waals surface area contributed by atoms with Crippen LogP contribution in [0, 0.1) is 0 Å². The van der Waals surface area contributed by atoms with Crippen molar-refractivity contribution >= 4 is 29.9 Å². The molecule has 1 aromatic heterocycles. The molecule has 2 unspecified atom stereocenters. The van der Waals surface area contributed by atoms with Gasteiger partial charge in [-0.3, -0.25) is 9.89 Å². The number of halogens is 1. The largest absolute Gasteiger partial charge is 0.468 e. The molecule has 2 heterocycles. The second kappa shape index (κ2) is 10.6. The molecule has 6 heteroatoms. The molecule has 1 aliphatic rings. The Morgan fingerprint density at radius 2 is 1.88 bits per heavy atom. The molecule has 0 radical (unpaired) electrons. The zero-order chi connectivity index (χ0) is 17.5. The smallest absolute Gasteiger partial charge is 0.191 e. The molecule has 0 aliphatic carbocycles. The van der Waals surface area contributed by atoms with E-state index < -0.39 is 0 Å². The van der Waals surface area contributed by atoms with Gasteiger partial charge in [0.25, 0.3) is 0 Å². The van der Waals surface area contributed by atoms with Crippen LogP contribution in [0.5, 0.6) is 0 Å². The van der Waals surface area contributed by atoms with Gasteiger partial charge >= 0.3 is 0 Å². The molecular formula is C20H29IN4O. The summed E-state index contributed by atoms with van der Waals surface area (Å²) >= 11 is 0. The second-order valence-electron chi connectivity index (χ2n) is 6.50. The highest BCUT2D eigenvalue weighted by Crippen LogP contribution is 2.24. The van der Waals surface area contributed by atoms with Crippen LogP contribution in [0.15, 0.2) is 58.1 Å². The summed E-state index contributed by atoms with van der Waals surface area (Å²) in [6, 6.07) is 14.9. The van der Waals surface area contributed by atoms with Gasteiger partial charge in [-0.25, -0.2) is 0 Å². The number of likely N-dealkylation sites (tertiary alicyclic amines) is 1. The van der Waals surface area contributed by atoms with Crippen LogP contribution in [0.25, 0.3) is 0 Å². The Hall–Kier alpha value is -1.54. The third kappa shape index (κ3) is 5.48. The Bertz CT molecular complexity index is 654. The average Bonchev–Trinajstić information content (AvgIpc) is 3.36. The van der Waals surface area contributed by atoms with Crippen LogP contribution in [-0.2, 0) is 0 Å². The third-order valence-electron chi connectivity index (χ3n) is 4.79. The molecule has 26 heavy (non-hydrogen) atoms. The minimum Gasteiger partial charge on any atom is -0.468 e. The Morgan fingerprint density at radius 1 is 1.15 bits per heavy atom. The predicted octanol–water partition coefficient (Wildman–Crippen LogP) is 3.96. The Labute approximate surface area is 173 Å². The van der Waals surface area contributed by atoms with Crippen molar-refractivity contribution in [2.24, 2.45) is 4.99 Å². The van der Waals surface area contributed by atoms with Gasteiger partial charge in [-0.2, -0.15) is 0 Å². The van der Waals surface area contributed by atoms with E-state index in [0.717, 1.165) is 31.4 Å². The highest BCUT2D eigenvalue weighted by molar-refractivity contribution is 14.0. The van der Waals surface area contributed by atoms with E-state index in [2.05, 4.69) is 57.8 Å². The van der Waals surface area contributed by atoms with Crippen molar-refractivity contribution in [2.45, 2.75) is 31.8 Å². The lowest BCUT2D eigenvalue weighted by molar-refractivity contribution is 0.215. The summed E-state index contributed by atoms with van der Waals surface area (Å²) in [5, 5.41) is 6.94. The van der Waals surface area contributed by atoms with Gasteiger partial charge in [-0.05, 0) is 50.6 Å². The van der Waals surface area contributed by atoms with Gasteiger partial charge < -0.3 is 15.1 Å². The topological polar surface area (TPSA) is 52.8 Å². The molecule has 0 spiro atoms. The number of hydrogen-bond acceptors (Lipinski definition) is 3. The molecule has 0 saturated carbocycles. The van der Waals surface area contributed by atoms with E-state index in [9.17, 15) is 0 Å². The molecule has 0 bridgehead atoms. The van der Waals surface area contributed by atoms with Gasteiger partial charge in [0, 0.05) is 13.6 Å². The number of hydrogen-bond donors (Lipinski definition) is 2. The monoisotopic (exact) mass is 468 g/mol. The van der Waals surface area contributed by atoms with Crippen LogP contribution in [-0.4, -0.2) is 37.5 Å². The van der Waals surface area contributed by atoms with Crippen molar-refractivity contribution in [3.05, 3.63) is 60.1 Å². The summed E-state index contributed by atoms with van der Waals surface area (Å²) in [4.78, 5) is 6.86. The van der Waals surface area contributed by atoms with E-state index in [0.29, 0.717) is 0 Å². The Balaban J connectivity index is 0.00000243. The highest BCUT2D eigenvalue weighted by atomic mass is 127. The van der Waals surface area contributed by atoms with Gasteiger partial charge in [0.2, 0.25) is 0 Å². The molecule has 142 valence electrons. The summed E-state index contributed by atoms with van der Waals surface area (Å²) in [6.45, 7) is 5.17. The van der Waals surface area contributed by atoms with Crippen LogP contribution >= 0.6 is 24.0 Å². The van der Waals surface area contributed by atoms with Gasteiger partial charge in [-0.15, -0.1) is 24.0 Å². The first kappa shape index (κ1) is 20.8. The summed E-state index contributed by atoms with van der Waals surface area (Å²) in [6.07, 6.45) is 4.27. The first-order chi connectivity index (χ1) is 12.3. The fraction of sp³-hybridized carbons (Fsp3) is 0.450. The van der Waals surface area contributed by atoms with Gasteiger partial charge in [0.15, 0.2) is 5.96 Å². The number of nitrogens with zero attached hydrogens (tertiary/aromatic N) is 2. The molecule has 1 fully saturated rings. The normalized spacial score (nSPS) is 17.4. The number of rotatable bonds is 6. The van der Waals surface area contributed by atoms with E-state index in [1.165, 1.54) is 18.4 Å². The predicted molar refractivity (Wildman–Crippen MR) is 117 cm³/mol. The summed E-state index contributed by atoms with van der Waals surface area (Å²) in [5.41, 5.74) is 1.24. The quantitative estimate of drug-likeness (QED) is 0.383. The standard InChI is InChI=1S/C20H28N4O.HI/c1-16(17-9-4-3-5-10-17)23-20(21-2)22-15-18(19-11-8-14-25-19)24-12-6-7-13-24;/h3-5,8-11,14,16,18H,6-7,12-13,15H2,1-2H3,(H2,21,22,23);1H. The lowest BCUT2D eigenvalue weighted by atomic mass is 10.1. The van der Waals surface area contributed by atoms with E-state index in [1.807, 2.05) is 19.2 Å². The molecule has 5 nitrogen and oxygen atoms in total. The van der Waals surface area contributed by atoms with Crippen LogP contribution in [0.4, 0.5) is 0 Å². The van der Waals surface area contributed by atoms with Crippen molar-refractivity contribution in [1.82, 2.24) is 15.5 Å². The van der Waals surface area contributed by atoms with Gasteiger partial charge in [0.05, 0.1) is 18.3 Å². The first-order valence-electron chi connectivity index (χ1n) is 9.07. The van der Waals surface area contributed by atoms with Crippen molar-refractivity contribution in [3.63, 3.8) is 0 Å². The maximum atomic E-state index is 5.68. The summed E-state index contributed by atoms with van der Waals surface area (Å²) < 4.78 is 5.68. The van der Waals surface area contributed by atoms with Crippen molar-refractivity contribution < 1.29 is 4.42 Å². The summed E-state index contributed by atoms with van der Waals surface area (Å²) in [5.74, 6) is 1.83. The minimum absolute atomic E-state index is 0. The van der Waals surface area contributed by atoms with Crippen LogP contribution in [0.2, 0.25) is 0 Å². The molecule has 0 amide bonds. The number of guanidine groups is 1. The molecule has 2 aromatic rings. The molecule has 3 rings (SSSR count). The number of aliphatic imine (C=N–C) groups is 1. The molecule has 1 aliphatic heterocycles. The highest BCUT2D eigenvalue weighted by Gasteiger charge is 2.25. The molecule has 2 atom stereocenters. The molecule has 2 N–H and O–H groups in total. The number of furan rings is 1. The van der Waals surface area contributed by atoms with Crippen LogP contribution in [0.1, 0.15) is 43.2 Å². The third-order valence-corrected chi connectivity index (χ3v) is 4.79.